The van der Waals surface area contributed by atoms with E-state index in [-0.39, 0.29) is 5.97 Å². The molecule has 0 aliphatic carbocycles. The van der Waals surface area contributed by atoms with Gasteiger partial charge in [-0.15, -0.1) is 0 Å². The quantitative estimate of drug-likeness (QED) is 0.437. The smallest absolute Gasteiger partial charge is 0.331 e. The fraction of sp³-hybridized carbons (Fsp3) is 0.227. The number of rotatable bonds is 4. The average Bonchev–Trinajstić information content (AvgIpc) is 2.97. The van der Waals surface area contributed by atoms with Crippen LogP contribution in [-0.4, -0.2) is 16.1 Å². The van der Waals surface area contributed by atoms with Gasteiger partial charge in [-0.05, 0) is 62.2 Å². The number of halogens is 1. The minimum Gasteiger partial charge on any atom is -0.457 e. The molecule has 0 radical (unpaired) electrons. The number of carbonyl (C=O) groups excluding carboxylic acids is 1. The fourth-order valence-corrected chi connectivity index (χ4v) is 2.94. The molecule has 0 atom stereocenters. The first-order valence-electron chi connectivity index (χ1n) is 8.55. The SMILES string of the molecule is CC(C)(C)OC(=O)C=Cc1cccc2c1ccn2Cc1ccc(Cl)cc1. The lowest BCUT2D eigenvalue weighted by Gasteiger charge is -2.17. The van der Waals surface area contributed by atoms with Gasteiger partial charge in [0.25, 0.3) is 0 Å². The number of ether oxygens (including phenoxy) is 1. The number of carbonyl (C=O) groups is 1. The zero-order valence-electron chi connectivity index (χ0n) is 15.2. The van der Waals surface area contributed by atoms with Gasteiger partial charge < -0.3 is 9.30 Å². The molecule has 2 aromatic carbocycles. The van der Waals surface area contributed by atoms with E-state index in [4.69, 9.17) is 16.3 Å². The molecule has 0 saturated carbocycles. The Morgan fingerprint density at radius 1 is 1.12 bits per heavy atom. The molecule has 26 heavy (non-hydrogen) atoms. The van der Waals surface area contributed by atoms with Crippen LogP contribution in [0.25, 0.3) is 17.0 Å². The molecule has 3 rings (SSSR count). The van der Waals surface area contributed by atoms with Crippen molar-refractivity contribution >= 4 is 34.5 Å². The summed E-state index contributed by atoms with van der Waals surface area (Å²) in [7, 11) is 0. The lowest BCUT2D eigenvalue weighted by Crippen LogP contribution is -2.22. The van der Waals surface area contributed by atoms with Crippen LogP contribution in [-0.2, 0) is 16.1 Å². The van der Waals surface area contributed by atoms with Gasteiger partial charge in [0.1, 0.15) is 5.60 Å². The average molecular weight is 368 g/mol. The van der Waals surface area contributed by atoms with Crippen molar-refractivity contribution in [3.05, 3.63) is 77.0 Å². The highest BCUT2D eigenvalue weighted by Gasteiger charge is 2.14. The number of hydrogen-bond acceptors (Lipinski definition) is 2. The maximum Gasteiger partial charge on any atom is 0.331 e. The number of benzene rings is 2. The van der Waals surface area contributed by atoms with Gasteiger partial charge in [-0.3, -0.25) is 0 Å². The van der Waals surface area contributed by atoms with E-state index in [9.17, 15) is 4.79 Å². The summed E-state index contributed by atoms with van der Waals surface area (Å²) in [6, 6.07) is 16.0. The highest BCUT2D eigenvalue weighted by atomic mass is 35.5. The minimum atomic E-state index is -0.491. The molecule has 0 fully saturated rings. The van der Waals surface area contributed by atoms with Crippen LogP contribution in [0.15, 0.2) is 60.8 Å². The van der Waals surface area contributed by atoms with Crippen molar-refractivity contribution in [2.24, 2.45) is 0 Å². The van der Waals surface area contributed by atoms with Crippen LogP contribution in [0, 0.1) is 0 Å². The third-order valence-electron chi connectivity index (χ3n) is 3.92. The summed E-state index contributed by atoms with van der Waals surface area (Å²) in [6.07, 6.45) is 5.35. The normalized spacial score (nSPS) is 12.0. The van der Waals surface area contributed by atoms with Crippen molar-refractivity contribution in [3.63, 3.8) is 0 Å². The molecule has 0 bridgehead atoms. The van der Waals surface area contributed by atoms with Crippen LogP contribution in [0.1, 0.15) is 31.9 Å². The molecule has 0 amide bonds. The van der Waals surface area contributed by atoms with Gasteiger partial charge in [-0.1, -0.05) is 35.9 Å². The second-order valence-electron chi connectivity index (χ2n) is 7.22. The van der Waals surface area contributed by atoms with Gasteiger partial charge in [-0.25, -0.2) is 4.79 Å². The summed E-state index contributed by atoms with van der Waals surface area (Å²) in [5.41, 5.74) is 2.80. The Bertz CT molecular complexity index is 946. The van der Waals surface area contributed by atoms with Crippen molar-refractivity contribution in [2.45, 2.75) is 32.9 Å². The Morgan fingerprint density at radius 3 is 2.54 bits per heavy atom. The van der Waals surface area contributed by atoms with E-state index in [2.05, 4.69) is 22.9 Å². The van der Waals surface area contributed by atoms with Crippen molar-refractivity contribution in [2.75, 3.05) is 0 Å². The highest BCUT2D eigenvalue weighted by molar-refractivity contribution is 6.30. The van der Waals surface area contributed by atoms with E-state index in [0.717, 1.165) is 28.0 Å². The molecular formula is C22H22ClNO2. The topological polar surface area (TPSA) is 31.2 Å². The lowest BCUT2D eigenvalue weighted by atomic mass is 10.1. The van der Waals surface area contributed by atoms with Crippen LogP contribution in [0.4, 0.5) is 0 Å². The number of fused-ring (bicyclic) bond motifs is 1. The molecule has 3 aromatic rings. The summed E-state index contributed by atoms with van der Waals surface area (Å²) in [5.74, 6) is -0.338. The summed E-state index contributed by atoms with van der Waals surface area (Å²) < 4.78 is 7.51. The van der Waals surface area contributed by atoms with E-state index in [1.54, 1.807) is 0 Å². The zero-order chi connectivity index (χ0) is 18.7. The van der Waals surface area contributed by atoms with Gasteiger partial charge in [0.05, 0.1) is 0 Å². The first-order valence-corrected chi connectivity index (χ1v) is 8.93. The van der Waals surface area contributed by atoms with Crippen LogP contribution in [0.2, 0.25) is 5.02 Å². The molecule has 4 heteroatoms. The molecule has 0 spiro atoms. The Kier molecular flexibility index (Phi) is 5.19. The summed E-state index contributed by atoms with van der Waals surface area (Å²) in [6.45, 7) is 6.34. The number of nitrogens with zero attached hydrogens (tertiary/aromatic N) is 1. The third-order valence-corrected chi connectivity index (χ3v) is 4.17. The van der Waals surface area contributed by atoms with Gasteiger partial charge in [-0.2, -0.15) is 0 Å². The van der Waals surface area contributed by atoms with Crippen LogP contribution < -0.4 is 0 Å². The van der Waals surface area contributed by atoms with Crippen molar-refractivity contribution in [1.82, 2.24) is 4.57 Å². The van der Waals surface area contributed by atoms with Crippen LogP contribution in [0.3, 0.4) is 0 Å². The monoisotopic (exact) mass is 367 g/mol. The fourth-order valence-electron chi connectivity index (χ4n) is 2.81. The van der Waals surface area contributed by atoms with Crippen molar-refractivity contribution in [1.29, 1.82) is 0 Å². The summed E-state index contributed by atoms with van der Waals surface area (Å²) in [5, 5.41) is 1.84. The molecule has 0 unspecified atom stereocenters. The Hall–Kier alpha value is -2.52. The van der Waals surface area contributed by atoms with Crippen LogP contribution >= 0.6 is 11.6 Å². The van der Waals surface area contributed by atoms with Gasteiger partial charge in [0.15, 0.2) is 0 Å². The van der Waals surface area contributed by atoms with Crippen molar-refractivity contribution in [3.8, 4) is 0 Å². The zero-order valence-corrected chi connectivity index (χ0v) is 16.0. The molecule has 0 aliphatic rings. The number of aromatic nitrogens is 1. The van der Waals surface area contributed by atoms with E-state index >= 15 is 0 Å². The van der Waals surface area contributed by atoms with Crippen molar-refractivity contribution < 1.29 is 9.53 Å². The molecule has 134 valence electrons. The second-order valence-corrected chi connectivity index (χ2v) is 7.65. The predicted octanol–water partition coefficient (Wildman–Crippen LogP) is 5.70. The molecular weight excluding hydrogens is 346 g/mol. The molecule has 0 N–H and O–H groups in total. The summed E-state index contributed by atoms with van der Waals surface area (Å²) in [4.78, 5) is 11.9. The predicted molar refractivity (Wildman–Crippen MR) is 107 cm³/mol. The molecule has 0 saturated heterocycles. The summed E-state index contributed by atoms with van der Waals surface area (Å²) >= 11 is 5.96. The first kappa shape index (κ1) is 18.3. The van der Waals surface area contributed by atoms with Crippen LogP contribution in [0.5, 0.6) is 0 Å². The lowest BCUT2D eigenvalue weighted by molar-refractivity contribution is -0.148. The third kappa shape index (κ3) is 4.55. The van der Waals surface area contributed by atoms with Gasteiger partial charge >= 0.3 is 5.97 Å². The maximum atomic E-state index is 11.9. The minimum absolute atomic E-state index is 0.338. The molecule has 1 heterocycles. The Morgan fingerprint density at radius 2 is 1.85 bits per heavy atom. The molecule has 1 aromatic heterocycles. The first-order chi connectivity index (χ1) is 12.3. The van der Waals surface area contributed by atoms with E-state index < -0.39 is 5.60 Å². The second kappa shape index (κ2) is 7.38. The highest BCUT2D eigenvalue weighted by Crippen LogP contribution is 2.23. The number of hydrogen-bond donors (Lipinski definition) is 0. The maximum absolute atomic E-state index is 11.9. The Balaban J connectivity index is 1.84. The Labute approximate surface area is 158 Å². The largest absolute Gasteiger partial charge is 0.457 e. The standard InChI is InChI=1S/C22H22ClNO2/c1-22(2,3)26-21(25)12-9-17-5-4-6-20-19(17)13-14-24(20)15-16-7-10-18(23)11-8-16/h4-14H,15H2,1-3H3. The van der Waals surface area contributed by atoms with Gasteiger partial charge in [0, 0.05) is 34.7 Å². The van der Waals surface area contributed by atoms with E-state index in [0.29, 0.717) is 0 Å². The molecule has 3 nitrogen and oxygen atoms in total. The van der Waals surface area contributed by atoms with E-state index in [1.165, 1.54) is 11.6 Å². The number of esters is 1. The van der Waals surface area contributed by atoms with Gasteiger partial charge in [0.2, 0.25) is 0 Å². The molecule has 0 aliphatic heterocycles. The van der Waals surface area contributed by atoms with E-state index in [1.807, 2.05) is 63.2 Å².